The Hall–Kier alpha value is -0.770. The van der Waals surface area contributed by atoms with Crippen LogP contribution in [0.2, 0.25) is 0 Å². The lowest BCUT2D eigenvalue weighted by Crippen LogP contribution is -2.27. The Labute approximate surface area is 83.0 Å². The molecule has 1 aliphatic heterocycles. The fourth-order valence-corrected chi connectivity index (χ4v) is 2.38. The van der Waals surface area contributed by atoms with Gasteiger partial charge in [0, 0.05) is 4.91 Å². The molecule has 14 heavy (non-hydrogen) atoms. The summed E-state index contributed by atoms with van der Waals surface area (Å²) in [7, 11) is 0. The van der Waals surface area contributed by atoms with E-state index in [1.54, 1.807) is 0 Å². The van der Waals surface area contributed by atoms with Crippen molar-refractivity contribution < 1.29 is 9.47 Å². The van der Waals surface area contributed by atoms with Crippen molar-refractivity contribution in [2.24, 2.45) is 11.0 Å². The van der Waals surface area contributed by atoms with Gasteiger partial charge in [0.05, 0.1) is 18.2 Å². The van der Waals surface area contributed by atoms with Crippen LogP contribution >= 0.6 is 0 Å². The minimum Gasteiger partial charge on any atom is -0.344 e. The summed E-state index contributed by atoms with van der Waals surface area (Å²) in [6.07, 6.45) is 0.881. The molecule has 5 nitrogen and oxygen atoms in total. The molecular weight excluding hydrogens is 182 g/mol. The van der Waals surface area contributed by atoms with Crippen LogP contribution in [0, 0.1) is 5.92 Å². The fraction of sp³-hybridized carbons (Fsp3) is 1.00. The predicted molar refractivity (Wildman–Crippen MR) is 50.5 cm³/mol. The molecule has 0 aromatic heterocycles. The van der Waals surface area contributed by atoms with Gasteiger partial charge < -0.3 is 9.47 Å². The van der Waals surface area contributed by atoms with Gasteiger partial charge in [0.25, 0.3) is 0 Å². The van der Waals surface area contributed by atoms with Gasteiger partial charge in [-0.3, -0.25) is 0 Å². The first-order valence-corrected chi connectivity index (χ1v) is 4.93. The van der Waals surface area contributed by atoms with Gasteiger partial charge in [0.1, 0.15) is 0 Å². The monoisotopic (exact) mass is 197 g/mol. The van der Waals surface area contributed by atoms with E-state index in [0.29, 0.717) is 5.92 Å². The summed E-state index contributed by atoms with van der Waals surface area (Å²) in [5.74, 6) is -0.134. The van der Waals surface area contributed by atoms with Crippen LogP contribution in [0.25, 0.3) is 10.4 Å². The van der Waals surface area contributed by atoms with Crippen LogP contribution in [0.4, 0.5) is 0 Å². The van der Waals surface area contributed by atoms with Crippen LogP contribution in [0.5, 0.6) is 0 Å². The first-order chi connectivity index (χ1) is 6.53. The van der Waals surface area contributed by atoms with Gasteiger partial charge in [-0.05, 0) is 31.7 Å². The summed E-state index contributed by atoms with van der Waals surface area (Å²) in [6, 6.07) is -0.0678. The number of azide groups is 1. The highest BCUT2D eigenvalue weighted by atomic mass is 16.8. The molecule has 0 amide bonds. The van der Waals surface area contributed by atoms with Crippen LogP contribution in [-0.4, -0.2) is 24.0 Å². The lowest BCUT2D eigenvalue weighted by molar-refractivity contribution is -0.156. The smallest absolute Gasteiger partial charge is 0.163 e. The highest BCUT2D eigenvalue weighted by molar-refractivity contribution is 5.00. The average Bonchev–Trinajstić information content (AvgIpc) is 2.51. The van der Waals surface area contributed by atoms with E-state index in [2.05, 4.69) is 16.9 Å². The molecule has 1 heterocycles. The maximum Gasteiger partial charge on any atom is 0.163 e. The summed E-state index contributed by atoms with van der Waals surface area (Å²) in [6.45, 7) is 5.89. The summed E-state index contributed by atoms with van der Waals surface area (Å²) < 4.78 is 11.5. The van der Waals surface area contributed by atoms with Gasteiger partial charge >= 0.3 is 0 Å². The van der Waals surface area contributed by atoms with Gasteiger partial charge in [-0.2, -0.15) is 0 Å². The van der Waals surface area contributed by atoms with Crippen LogP contribution in [-0.2, 0) is 9.47 Å². The minimum absolute atomic E-state index is 0.0594. The molecule has 0 N–H and O–H groups in total. The highest BCUT2D eigenvalue weighted by Crippen LogP contribution is 2.42. The minimum atomic E-state index is -0.534. The van der Waals surface area contributed by atoms with E-state index in [0.717, 1.165) is 6.42 Å². The number of hydrogen-bond acceptors (Lipinski definition) is 3. The first kappa shape index (κ1) is 9.77. The van der Waals surface area contributed by atoms with Crippen LogP contribution < -0.4 is 0 Å². The second kappa shape index (κ2) is 3.12. The maximum atomic E-state index is 8.42. The molecule has 0 aromatic rings. The van der Waals surface area contributed by atoms with Crippen LogP contribution in [0.1, 0.15) is 27.2 Å². The summed E-state index contributed by atoms with van der Waals surface area (Å²) in [5, 5.41) is 3.76. The quantitative estimate of drug-likeness (QED) is 0.367. The van der Waals surface area contributed by atoms with E-state index in [-0.39, 0.29) is 18.2 Å². The van der Waals surface area contributed by atoms with Crippen LogP contribution in [0.3, 0.4) is 0 Å². The van der Waals surface area contributed by atoms with Crippen molar-refractivity contribution in [1.82, 2.24) is 0 Å². The maximum absolute atomic E-state index is 8.42. The van der Waals surface area contributed by atoms with E-state index >= 15 is 0 Å². The molecule has 1 unspecified atom stereocenters. The molecule has 0 aromatic carbocycles. The summed E-state index contributed by atoms with van der Waals surface area (Å²) in [4.78, 5) is 2.85. The Bertz CT molecular complexity index is 286. The zero-order chi connectivity index (χ0) is 10.3. The molecule has 0 spiro atoms. The number of ether oxygens (including phenoxy) is 2. The normalized spacial score (nSPS) is 44.5. The van der Waals surface area contributed by atoms with Gasteiger partial charge in [-0.25, -0.2) is 0 Å². The lowest BCUT2D eigenvalue weighted by atomic mass is 10.1. The predicted octanol–water partition coefficient (Wildman–Crippen LogP) is 2.23. The Morgan fingerprint density at radius 1 is 1.36 bits per heavy atom. The third-order valence-corrected chi connectivity index (χ3v) is 2.92. The molecule has 1 saturated heterocycles. The van der Waals surface area contributed by atoms with Gasteiger partial charge in [-0.15, -0.1) is 0 Å². The second-order valence-corrected chi connectivity index (χ2v) is 4.55. The number of hydrogen-bond donors (Lipinski definition) is 0. The molecule has 2 rings (SSSR count). The van der Waals surface area contributed by atoms with E-state index in [1.807, 2.05) is 13.8 Å². The standard InChI is InChI=1S/C9H15N3O2/c1-5-4-6(11-12-10)8-7(5)13-9(2,3)14-8/h5-8H,4H2,1-3H3/t5-,6+,7+,8?/m0/s1. The van der Waals surface area contributed by atoms with Crippen molar-refractivity contribution in [3.05, 3.63) is 10.4 Å². The molecule has 0 radical (unpaired) electrons. The largest absolute Gasteiger partial charge is 0.344 e. The lowest BCUT2D eigenvalue weighted by Gasteiger charge is -2.20. The third kappa shape index (κ3) is 1.47. The van der Waals surface area contributed by atoms with Crippen molar-refractivity contribution in [2.45, 2.75) is 51.2 Å². The first-order valence-electron chi connectivity index (χ1n) is 4.93. The molecule has 0 bridgehead atoms. The molecule has 1 aliphatic carbocycles. The van der Waals surface area contributed by atoms with Crippen LogP contribution in [0.15, 0.2) is 5.11 Å². The molecule has 2 fully saturated rings. The molecule has 4 atom stereocenters. The Morgan fingerprint density at radius 3 is 2.64 bits per heavy atom. The SMILES string of the molecule is C[C@H]1C[C@@H](N=[N+]=[N-])C2OC(C)(C)O[C@@H]21. The fourth-order valence-electron chi connectivity index (χ4n) is 2.38. The molecule has 1 saturated carbocycles. The van der Waals surface area contributed by atoms with Crippen molar-refractivity contribution in [2.75, 3.05) is 0 Å². The Kier molecular flexibility index (Phi) is 2.18. The molecular formula is C9H15N3O2. The van der Waals surface area contributed by atoms with E-state index in [4.69, 9.17) is 15.0 Å². The van der Waals surface area contributed by atoms with E-state index in [1.165, 1.54) is 0 Å². The van der Waals surface area contributed by atoms with Crippen molar-refractivity contribution in [1.29, 1.82) is 0 Å². The van der Waals surface area contributed by atoms with E-state index in [9.17, 15) is 0 Å². The number of nitrogens with zero attached hydrogens (tertiary/aromatic N) is 3. The molecule has 5 heteroatoms. The zero-order valence-electron chi connectivity index (χ0n) is 8.67. The van der Waals surface area contributed by atoms with Gasteiger partial charge in [-0.1, -0.05) is 12.0 Å². The summed E-state index contributed by atoms with van der Waals surface area (Å²) >= 11 is 0. The van der Waals surface area contributed by atoms with Crippen molar-refractivity contribution in [3.8, 4) is 0 Å². The highest BCUT2D eigenvalue weighted by Gasteiger charge is 2.52. The molecule has 78 valence electrons. The number of rotatable bonds is 1. The number of fused-ring (bicyclic) bond motifs is 1. The van der Waals surface area contributed by atoms with E-state index < -0.39 is 5.79 Å². The Balaban J connectivity index is 2.18. The summed E-state index contributed by atoms with van der Waals surface area (Å²) in [5.41, 5.74) is 8.42. The van der Waals surface area contributed by atoms with Crippen molar-refractivity contribution >= 4 is 0 Å². The van der Waals surface area contributed by atoms with Gasteiger partial charge in [0.15, 0.2) is 5.79 Å². The van der Waals surface area contributed by atoms with Crippen molar-refractivity contribution in [3.63, 3.8) is 0 Å². The second-order valence-electron chi connectivity index (χ2n) is 4.55. The third-order valence-electron chi connectivity index (χ3n) is 2.92. The average molecular weight is 197 g/mol. The molecule has 2 aliphatic rings. The zero-order valence-corrected chi connectivity index (χ0v) is 8.67. The Morgan fingerprint density at radius 2 is 2.00 bits per heavy atom. The van der Waals surface area contributed by atoms with Gasteiger partial charge in [0.2, 0.25) is 0 Å². The topological polar surface area (TPSA) is 67.2 Å².